The van der Waals surface area contributed by atoms with Crippen molar-refractivity contribution in [2.24, 2.45) is 11.7 Å². The molecule has 0 radical (unpaired) electrons. The van der Waals surface area contributed by atoms with Gasteiger partial charge in [0.1, 0.15) is 12.1 Å². The summed E-state index contributed by atoms with van der Waals surface area (Å²) in [7, 11) is 0. The first kappa shape index (κ1) is 19.4. The molecule has 0 bridgehead atoms. The topological polar surface area (TPSA) is 113 Å². The average Bonchev–Trinajstić information content (AvgIpc) is 2.62. The van der Waals surface area contributed by atoms with Crippen LogP contribution >= 0.6 is 0 Å². The second-order valence-electron chi connectivity index (χ2n) is 6.94. The van der Waals surface area contributed by atoms with E-state index in [1.165, 1.54) is 6.42 Å². The first-order chi connectivity index (χ1) is 12.0. The molecule has 6 nitrogen and oxygen atoms in total. The minimum atomic E-state index is -1.39. The third-order valence-electron chi connectivity index (χ3n) is 4.90. The van der Waals surface area contributed by atoms with Crippen molar-refractivity contribution in [3.8, 4) is 0 Å². The molecule has 0 aromatic heterocycles. The van der Waals surface area contributed by atoms with E-state index < -0.39 is 30.1 Å². The molecule has 1 aromatic carbocycles. The van der Waals surface area contributed by atoms with Crippen LogP contribution in [0.25, 0.3) is 0 Å². The summed E-state index contributed by atoms with van der Waals surface area (Å²) in [5, 5.41) is 21.9. The van der Waals surface area contributed by atoms with Gasteiger partial charge in [0.2, 0.25) is 0 Å². The van der Waals surface area contributed by atoms with E-state index in [1.807, 2.05) is 18.2 Å². The van der Waals surface area contributed by atoms with E-state index in [9.17, 15) is 19.8 Å². The normalized spacial score (nSPS) is 19.0. The molecule has 5 N–H and O–H groups in total. The predicted octanol–water partition coefficient (Wildman–Crippen LogP) is 1.46. The lowest BCUT2D eigenvalue weighted by Gasteiger charge is -2.27. The van der Waals surface area contributed by atoms with E-state index in [0.29, 0.717) is 12.3 Å². The zero-order valence-corrected chi connectivity index (χ0v) is 14.4. The number of rotatable bonds is 8. The van der Waals surface area contributed by atoms with Crippen LogP contribution in [0.4, 0.5) is 0 Å². The molecule has 138 valence electrons. The van der Waals surface area contributed by atoms with E-state index >= 15 is 0 Å². The fourth-order valence-electron chi connectivity index (χ4n) is 3.44. The lowest BCUT2D eigenvalue weighted by Crippen LogP contribution is -2.52. The van der Waals surface area contributed by atoms with Crippen LogP contribution in [0.1, 0.15) is 44.1 Å². The van der Waals surface area contributed by atoms with Gasteiger partial charge >= 0.3 is 5.97 Å². The predicted molar refractivity (Wildman–Crippen MR) is 94.9 cm³/mol. The van der Waals surface area contributed by atoms with Gasteiger partial charge in [0.25, 0.3) is 5.91 Å². The summed E-state index contributed by atoms with van der Waals surface area (Å²) in [5.41, 5.74) is 6.80. The lowest BCUT2D eigenvalue weighted by atomic mass is 9.84. The summed E-state index contributed by atoms with van der Waals surface area (Å²) in [6, 6.07) is 7.29. The van der Waals surface area contributed by atoms with E-state index in [0.717, 1.165) is 31.2 Å². The maximum Gasteiger partial charge on any atom is 0.326 e. The third kappa shape index (κ3) is 6.14. The summed E-state index contributed by atoms with van der Waals surface area (Å²) >= 11 is 0. The monoisotopic (exact) mass is 348 g/mol. The lowest BCUT2D eigenvalue weighted by molar-refractivity contribution is -0.143. The molecular formula is C19H28N2O4. The number of amides is 1. The largest absolute Gasteiger partial charge is 0.480 e. The Hall–Kier alpha value is -1.92. The fourth-order valence-corrected chi connectivity index (χ4v) is 3.44. The number of carboxylic acid groups (broad SMARTS) is 1. The number of aliphatic carboxylic acids is 1. The number of nitrogens with one attached hydrogen (secondary N) is 1. The van der Waals surface area contributed by atoms with E-state index in [-0.39, 0.29) is 6.42 Å². The fraction of sp³-hybridized carbons (Fsp3) is 0.579. The number of carboxylic acids is 1. The van der Waals surface area contributed by atoms with Gasteiger partial charge in [-0.25, -0.2) is 4.79 Å². The second kappa shape index (κ2) is 9.53. The molecule has 3 atom stereocenters. The van der Waals surface area contributed by atoms with E-state index in [2.05, 4.69) is 5.32 Å². The molecule has 0 saturated heterocycles. The van der Waals surface area contributed by atoms with Crippen LogP contribution in [-0.4, -0.2) is 40.3 Å². The zero-order valence-electron chi connectivity index (χ0n) is 14.4. The molecule has 1 amide bonds. The first-order valence-corrected chi connectivity index (χ1v) is 8.98. The zero-order chi connectivity index (χ0) is 18.2. The summed E-state index contributed by atoms with van der Waals surface area (Å²) in [6.45, 7) is 0. The molecule has 1 aliphatic carbocycles. The standard InChI is InChI=1S/C19H28N2O4/c20-15(11-13-7-3-1-4-8-13)17(22)18(23)21-16(19(24)25)12-14-9-5-2-6-10-14/h2,5-6,9-10,13,15-17,22H,1,3-4,7-8,11-12,20H2,(H,21,23)(H,24,25)/t15-,16?,17?/m1/s1. The molecule has 1 aliphatic rings. The van der Waals surface area contributed by atoms with Crippen LogP contribution in [0.5, 0.6) is 0 Å². The molecule has 0 heterocycles. The van der Waals surface area contributed by atoms with Gasteiger partial charge in [0.05, 0.1) is 0 Å². The molecule has 2 unspecified atom stereocenters. The Kier molecular flexibility index (Phi) is 7.40. The highest BCUT2D eigenvalue weighted by molar-refractivity contribution is 5.86. The number of carbonyl (C=O) groups excluding carboxylic acids is 1. The third-order valence-corrected chi connectivity index (χ3v) is 4.90. The van der Waals surface area contributed by atoms with Crippen molar-refractivity contribution >= 4 is 11.9 Å². The Bertz CT molecular complexity index is 558. The van der Waals surface area contributed by atoms with Crippen molar-refractivity contribution in [3.05, 3.63) is 35.9 Å². The van der Waals surface area contributed by atoms with Gasteiger partial charge in [-0.15, -0.1) is 0 Å². The Morgan fingerprint density at radius 3 is 2.40 bits per heavy atom. The summed E-state index contributed by atoms with van der Waals surface area (Å²) in [6.07, 6.45) is 5.07. The summed E-state index contributed by atoms with van der Waals surface area (Å²) in [5.74, 6) is -1.41. The Balaban J connectivity index is 1.89. The highest BCUT2D eigenvalue weighted by atomic mass is 16.4. The molecule has 1 fully saturated rings. The first-order valence-electron chi connectivity index (χ1n) is 8.98. The number of hydrogen-bond donors (Lipinski definition) is 4. The van der Waals surface area contributed by atoms with Gasteiger partial charge in [-0.05, 0) is 17.9 Å². The minimum Gasteiger partial charge on any atom is -0.480 e. The Morgan fingerprint density at radius 1 is 1.16 bits per heavy atom. The minimum absolute atomic E-state index is 0.159. The Morgan fingerprint density at radius 2 is 1.80 bits per heavy atom. The van der Waals surface area contributed by atoms with Gasteiger partial charge in [-0.3, -0.25) is 4.79 Å². The molecule has 0 spiro atoms. The SMILES string of the molecule is N[C@H](CC1CCCCC1)C(O)C(=O)NC(Cc1ccccc1)C(=O)O. The van der Waals surface area contributed by atoms with E-state index in [4.69, 9.17) is 5.73 Å². The molecule has 1 saturated carbocycles. The van der Waals surface area contributed by atoms with Crippen LogP contribution in [0, 0.1) is 5.92 Å². The molecular weight excluding hydrogens is 320 g/mol. The van der Waals surface area contributed by atoms with Gasteiger partial charge < -0.3 is 21.3 Å². The van der Waals surface area contributed by atoms with Crippen molar-refractivity contribution in [1.29, 1.82) is 0 Å². The smallest absolute Gasteiger partial charge is 0.326 e. The summed E-state index contributed by atoms with van der Waals surface area (Å²) in [4.78, 5) is 23.6. The van der Waals surface area contributed by atoms with Gasteiger partial charge in [0.15, 0.2) is 0 Å². The van der Waals surface area contributed by atoms with Crippen LogP contribution in [0.2, 0.25) is 0 Å². The van der Waals surface area contributed by atoms with Crippen LogP contribution < -0.4 is 11.1 Å². The van der Waals surface area contributed by atoms with Crippen molar-refractivity contribution in [1.82, 2.24) is 5.32 Å². The second-order valence-corrected chi connectivity index (χ2v) is 6.94. The van der Waals surface area contributed by atoms with E-state index in [1.54, 1.807) is 12.1 Å². The van der Waals surface area contributed by atoms with Gasteiger partial charge in [-0.1, -0.05) is 62.4 Å². The van der Waals surface area contributed by atoms with Gasteiger partial charge in [-0.2, -0.15) is 0 Å². The number of carbonyl (C=O) groups is 2. The molecule has 0 aliphatic heterocycles. The van der Waals surface area contributed by atoms with Crippen molar-refractivity contribution in [2.45, 2.75) is 63.1 Å². The number of benzene rings is 1. The highest BCUT2D eigenvalue weighted by Gasteiger charge is 2.29. The van der Waals surface area contributed by atoms with Crippen molar-refractivity contribution in [2.75, 3.05) is 0 Å². The van der Waals surface area contributed by atoms with Crippen molar-refractivity contribution in [3.63, 3.8) is 0 Å². The van der Waals surface area contributed by atoms with Crippen LogP contribution in [0.3, 0.4) is 0 Å². The number of hydrogen-bond acceptors (Lipinski definition) is 4. The Labute approximate surface area is 148 Å². The number of aliphatic hydroxyl groups excluding tert-OH is 1. The quantitative estimate of drug-likeness (QED) is 0.568. The molecule has 1 aromatic rings. The van der Waals surface area contributed by atoms with Gasteiger partial charge in [0, 0.05) is 12.5 Å². The molecule has 6 heteroatoms. The average molecular weight is 348 g/mol. The number of aliphatic hydroxyl groups is 1. The molecule has 25 heavy (non-hydrogen) atoms. The van der Waals surface area contributed by atoms with Crippen molar-refractivity contribution < 1.29 is 19.8 Å². The number of nitrogens with two attached hydrogens (primary N) is 1. The maximum absolute atomic E-state index is 12.2. The molecule has 2 rings (SSSR count). The van der Waals surface area contributed by atoms with Crippen LogP contribution in [-0.2, 0) is 16.0 Å². The summed E-state index contributed by atoms with van der Waals surface area (Å²) < 4.78 is 0. The van der Waals surface area contributed by atoms with Crippen LogP contribution in [0.15, 0.2) is 30.3 Å². The maximum atomic E-state index is 12.2. The highest BCUT2D eigenvalue weighted by Crippen LogP contribution is 2.27.